The Labute approximate surface area is 176 Å². The van der Waals surface area contributed by atoms with E-state index in [1.165, 1.54) is 30.3 Å². The Morgan fingerprint density at radius 1 is 0.774 bits per heavy atom. The van der Waals surface area contributed by atoms with Crippen LogP contribution in [-0.2, 0) is 16.0 Å². The number of anilines is 1. The zero-order chi connectivity index (χ0) is 22.0. The van der Waals surface area contributed by atoms with Crippen LogP contribution < -0.4 is 5.32 Å². The molecule has 3 aromatic carbocycles. The van der Waals surface area contributed by atoms with Gasteiger partial charge in [0.05, 0.1) is 5.57 Å². The number of halogens is 3. The molecule has 0 atom stereocenters. The molecular formula is C24H17F3N2O2. The lowest BCUT2D eigenvalue weighted by Gasteiger charge is -2.15. The lowest BCUT2D eigenvalue weighted by Crippen LogP contribution is -2.34. The third-order valence-electron chi connectivity index (χ3n) is 4.96. The normalized spacial score (nSPS) is 13.8. The topological polar surface area (TPSA) is 49.4 Å². The largest absolute Gasteiger partial charge is 0.350 e. The van der Waals surface area contributed by atoms with Gasteiger partial charge >= 0.3 is 0 Å². The lowest BCUT2D eigenvalue weighted by molar-refractivity contribution is -0.136. The Balaban J connectivity index is 1.68. The molecule has 0 saturated carbocycles. The second kappa shape index (κ2) is 8.47. The zero-order valence-corrected chi connectivity index (χ0v) is 16.2. The number of hydrogen-bond donors (Lipinski definition) is 1. The van der Waals surface area contributed by atoms with E-state index < -0.39 is 29.3 Å². The summed E-state index contributed by atoms with van der Waals surface area (Å²) in [6.07, 6.45) is 0.452. The Morgan fingerprint density at radius 2 is 1.48 bits per heavy atom. The van der Waals surface area contributed by atoms with Crippen molar-refractivity contribution in [3.8, 4) is 0 Å². The highest BCUT2D eigenvalue weighted by Crippen LogP contribution is 2.31. The molecule has 0 aliphatic carbocycles. The van der Waals surface area contributed by atoms with Gasteiger partial charge in [-0.1, -0.05) is 42.5 Å². The summed E-state index contributed by atoms with van der Waals surface area (Å²) in [6, 6.07) is 17.6. The van der Waals surface area contributed by atoms with Gasteiger partial charge in [-0.2, -0.15) is 0 Å². The SMILES string of the molecule is O=C1C(Nc2ccc(F)c(F)c2)=C(c2ccc(F)cc2)C(=O)N1CCc1ccccc1. The number of nitrogens with zero attached hydrogens (tertiary/aromatic N) is 1. The van der Waals surface area contributed by atoms with E-state index >= 15 is 0 Å². The Kier molecular flexibility index (Phi) is 5.58. The van der Waals surface area contributed by atoms with Crippen LogP contribution in [-0.4, -0.2) is 23.3 Å². The summed E-state index contributed by atoms with van der Waals surface area (Å²) in [5.74, 6) is -3.75. The molecule has 7 heteroatoms. The molecule has 0 bridgehead atoms. The molecule has 1 aliphatic heterocycles. The minimum Gasteiger partial charge on any atom is -0.350 e. The average Bonchev–Trinajstić information content (AvgIpc) is 3.00. The first-order chi connectivity index (χ1) is 14.9. The summed E-state index contributed by atoms with van der Waals surface area (Å²) in [6.45, 7) is 0.134. The Bertz CT molecular complexity index is 1180. The highest BCUT2D eigenvalue weighted by molar-refractivity contribution is 6.36. The van der Waals surface area contributed by atoms with E-state index in [2.05, 4.69) is 5.32 Å². The first kappa shape index (κ1) is 20.4. The van der Waals surface area contributed by atoms with Crippen LogP contribution in [0.25, 0.3) is 5.57 Å². The van der Waals surface area contributed by atoms with Crippen LogP contribution in [0.2, 0.25) is 0 Å². The van der Waals surface area contributed by atoms with Gasteiger partial charge < -0.3 is 5.32 Å². The number of benzene rings is 3. The standard InChI is InChI=1S/C24H17F3N2O2/c25-17-8-6-16(7-9-17)21-22(28-18-10-11-19(26)20(27)14-18)24(31)29(23(21)30)13-12-15-4-2-1-3-5-15/h1-11,14,28H,12-13H2. The van der Waals surface area contributed by atoms with Crippen molar-refractivity contribution < 1.29 is 22.8 Å². The molecule has 1 N–H and O–H groups in total. The summed E-state index contributed by atoms with van der Waals surface area (Å²) in [5.41, 5.74) is 1.37. The van der Waals surface area contributed by atoms with Crippen LogP contribution in [0.15, 0.2) is 78.5 Å². The molecule has 0 fully saturated rings. The first-order valence-corrected chi connectivity index (χ1v) is 9.56. The van der Waals surface area contributed by atoms with Gasteiger partial charge in [0.1, 0.15) is 11.5 Å². The van der Waals surface area contributed by atoms with Gasteiger partial charge in [-0.3, -0.25) is 14.5 Å². The molecule has 156 valence electrons. The molecule has 0 unspecified atom stereocenters. The fraction of sp³-hybridized carbons (Fsp3) is 0.0833. The molecule has 4 rings (SSSR count). The molecule has 2 amide bonds. The molecule has 0 spiro atoms. The van der Waals surface area contributed by atoms with E-state index in [0.717, 1.165) is 22.6 Å². The summed E-state index contributed by atoms with van der Waals surface area (Å²) in [7, 11) is 0. The maximum atomic E-state index is 13.6. The van der Waals surface area contributed by atoms with Crippen LogP contribution in [0.4, 0.5) is 18.9 Å². The summed E-state index contributed by atoms with van der Waals surface area (Å²) < 4.78 is 40.3. The van der Waals surface area contributed by atoms with Gasteiger partial charge in [0.15, 0.2) is 11.6 Å². The maximum absolute atomic E-state index is 13.6. The quantitative estimate of drug-likeness (QED) is 0.594. The Morgan fingerprint density at radius 3 is 2.16 bits per heavy atom. The molecule has 3 aromatic rings. The highest BCUT2D eigenvalue weighted by atomic mass is 19.2. The molecule has 4 nitrogen and oxygen atoms in total. The fourth-order valence-corrected chi connectivity index (χ4v) is 3.38. The predicted molar refractivity (Wildman–Crippen MR) is 110 cm³/mol. The summed E-state index contributed by atoms with van der Waals surface area (Å²) in [5, 5.41) is 2.75. The molecule has 1 aliphatic rings. The second-order valence-electron chi connectivity index (χ2n) is 7.01. The Hall–Kier alpha value is -3.87. The number of carbonyl (C=O) groups excluding carboxylic acids is 2. The third-order valence-corrected chi connectivity index (χ3v) is 4.96. The van der Waals surface area contributed by atoms with Crippen molar-refractivity contribution in [3.05, 3.63) is 107 Å². The van der Waals surface area contributed by atoms with Gasteiger partial charge in [-0.25, -0.2) is 13.2 Å². The summed E-state index contributed by atoms with van der Waals surface area (Å²) >= 11 is 0. The van der Waals surface area contributed by atoms with Crippen LogP contribution >= 0.6 is 0 Å². The van der Waals surface area contributed by atoms with E-state index in [1.807, 2.05) is 30.3 Å². The minimum absolute atomic E-state index is 0.0443. The molecular weight excluding hydrogens is 405 g/mol. The van der Waals surface area contributed by atoms with Crippen molar-refractivity contribution in [2.45, 2.75) is 6.42 Å². The minimum atomic E-state index is -1.09. The van der Waals surface area contributed by atoms with Crippen molar-refractivity contribution in [2.24, 2.45) is 0 Å². The van der Waals surface area contributed by atoms with Crippen molar-refractivity contribution >= 4 is 23.1 Å². The van der Waals surface area contributed by atoms with Crippen LogP contribution in [0.5, 0.6) is 0 Å². The van der Waals surface area contributed by atoms with Crippen LogP contribution in [0, 0.1) is 17.5 Å². The number of carbonyl (C=O) groups is 2. The predicted octanol–water partition coefficient (Wildman–Crippen LogP) is 4.54. The van der Waals surface area contributed by atoms with Crippen molar-refractivity contribution in [1.29, 1.82) is 0 Å². The first-order valence-electron chi connectivity index (χ1n) is 9.56. The number of hydrogen-bond acceptors (Lipinski definition) is 3. The van der Waals surface area contributed by atoms with E-state index in [0.29, 0.717) is 12.0 Å². The van der Waals surface area contributed by atoms with Gasteiger partial charge in [0.25, 0.3) is 11.8 Å². The third kappa shape index (κ3) is 4.21. The number of imide groups is 1. The van der Waals surface area contributed by atoms with Gasteiger partial charge in [-0.15, -0.1) is 0 Å². The van der Waals surface area contributed by atoms with Crippen molar-refractivity contribution in [3.63, 3.8) is 0 Å². The zero-order valence-electron chi connectivity index (χ0n) is 16.2. The van der Waals surface area contributed by atoms with Crippen LogP contribution in [0.1, 0.15) is 11.1 Å². The number of amides is 2. The molecule has 0 aromatic heterocycles. The molecule has 1 heterocycles. The number of nitrogens with one attached hydrogen (secondary N) is 1. The van der Waals surface area contributed by atoms with Crippen molar-refractivity contribution in [2.75, 3.05) is 11.9 Å². The monoisotopic (exact) mass is 422 g/mol. The molecule has 31 heavy (non-hydrogen) atoms. The highest BCUT2D eigenvalue weighted by Gasteiger charge is 2.39. The molecule has 0 radical (unpaired) electrons. The lowest BCUT2D eigenvalue weighted by atomic mass is 10.0. The smallest absolute Gasteiger partial charge is 0.278 e. The average molecular weight is 422 g/mol. The van der Waals surface area contributed by atoms with Gasteiger partial charge in [-0.05, 0) is 41.8 Å². The fourth-order valence-electron chi connectivity index (χ4n) is 3.38. The van der Waals surface area contributed by atoms with E-state index in [-0.39, 0.29) is 23.5 Å². The number of rotatable bonds is 6. The van der Waals surface area contributed by atoms with Gasteiger partial charge in [0, 0.05) is 18.3 Å². The second-order valence-corrected chi connectivity index (χ2v) is 7.01. The summed E-state index contributed by atoms with van der Waals surface area (Å²) in [4.78, 5) is 27.3. The van der Waals surface area contributed by atoms with E-state index in [9.17, 15) is 22.8 Å². The molecule has 0 saturated heterocycles. The van der Waals surface area contributed by atoms with E-state index in [1.54, 1.807) is 0 Å². The van der Waals surface area contributed by atoms with Gasteiger partial charge in [0.2, 0.25) is 0 Å². The van der Waals surface area contributed by atoms with E-state index in [4.69, 9.17) is 0 Å². The van der Waals surface area contributed by atoms with Crippen LogP contribution in [0.3, 0.4) is 0 Å². The maximum Gasteiger partial charge on any atom is 0.278 e. The van der Waals surface area contributed by atoms with Crippen molar-refractivity contribution in [1.82, 2.24) is 4.90 Å².